The summed E-state index contributed by atoms with van der Waals surface area (Å²) in [4.78, 5) is 12.2. The summed E-state index contributed by atoms with van der Waals surface area (Å²) in [5, 5.41) is 15.3. The maximum Gasteiger partial charge on any atom is 0.263 e. The maximum absolute atomic E-state index is 12.2. The molecule has 1 aromatic rings. The molecule has 5 nitrogen and oxygen atoms in total. The van der Waals surface area contributed by atoms with Crippen LogP contribution < -0.4 is 10.6 Å². The summed E-state index contributed by atoms with van der Waals surface area (Å²) in [6.07, 6.45) is 17.0. The molecule has 0 radical (unpaired) electrons. The summed E-state index contributed by atoms with van der Waals surface area (Å²) >= 11 is 0. The monoisotopic (exact) mass is 357 g/mol. The second-order valence-electron chi connectivity index (χ2n) is 7.05. The zero-order valence-electron chi connectivity index (χ0n) is 15.6. The molecule has 0 bridgehead atoms. The summed E-state index contributed by atoms with van der Waals surface area (Å²) < 4.78 is 5.19. The first-order valence-corrected chi connectivity index (χ1v) is 9.96. The highest BCUT2D eigenvalue weighted by Gasteiger charge is 2.12. The third-order valence-electron chi connectivity index (χ3n) is 4.94. The largest absolute Gasteiger partial charge is 0.467 e. The fraction of sp³-hybridized carbons (Fsp3) is 0.619. The van der Waals surface area contributed by atoms with Gasteiger partial charge < -0.3 is 15.1 Å². The second-order valence-corrected chi connectivity index (χ2v) is 7.05. The molecule has 1 aromatic heterocycles. The van der Waals surface area contributed by atoms with E-state index < -0.39 is 0 Å². The Hall–Kier alpha value is -2.22. The van der Waals surface area contributed by atoms with E-state index in [1.54, 1.807) is 24.6 Å². The molecule has 0 unspecified atom stereocenters. The topological polar surface area (TPSA) is 78.1 Å². The molecule has 1 aliphatic carbocycles. The molecular formula is C21H31N3O2. The standard InChI is InChI=1S/C21H31N3O2/c22-15-18(21(25)24-17-20-13-10-14-26-20)16-23-19-11-8-6-4-2-1-3-5-7-9-12-19/h10,13-14,16,19,23H,1-9,11-12,17H2,(H,24,25)/b18-16-. The van der Waals surface area contributed by atoms with Crippen LogP contribution in [0.2, 0.25) is 0 Å². The highest BCUT2D eigenvalue weighted by atomic mass is 16.3. The van der Waals surface area contributed by atoms with Crippen molar-refractivity contribution >= 4 is 5.91 Å². The van der Waals surface area contributed by atoms with Crippen LogP contribution in [0.5, 0.6) is 0 Å². The summed E-state index contributed by atoms with van der Waals surface area (Å²) in [5.41, 5.74) is 0.114. The molecule has 142 valence electrons. The minimum atomic E-state index is -0.371. The Balaban J connectivity index is 1.83. The van der Waals surface area contributed by atoms with E-state index in [1.807, 2.05) is 6.07 Å². The van der Waals surface area contributed by atoms with Gasteiger partial charge in [0.05, 0.1) is 12.8 Å². The Bertz CT molecular complexity index is 575. The molecule has 5 heteroatoms. The molecule has 2 rings (SSSR count). The zero-order valence-corrected chi connectivity index (χ0v) is 15.6. The van der Waals surface area contributed by atoms with Crippen molar-refractivity contribution in [2.24, 2.45) is 0 Å². The highest BCUT2D eigenvalue weighted by molar-refractivity contribution is 5.97. The van der Waals surface area contributed by atoms with E-state index in [4.69, 9.17) is 4.42 Å². The van der Waals surface area contributed by atoms with E-state index in [9.17, 15) is 10.1 Å². The van der Waals surface area contributed by atoms with Gasteiger partial charge in [-0.15, -0.1) is 0 Å². The van der Waals surface area contributed by atoms with Crippen molar-refractivity contribution in [1.82, 2.24) is 10.6 Å². The number of hydrogen-bond donors (Lipinski definition) is 2. The molecule has 1 heterocycles. The lowest BCUT2D eigenvalue weighted by Gasteiger charge is -2.18. The molecule has 1 aliphatic rings. The lowest BCUT2D eigenvalue weighted by atomic mass is 9.98. The minimum absolute atomic E-state index is 0.114. The van der Waals surface area contributed by atoms with Crippen LogP contribution in [0.25, 0.3) is 0 Å². The van der Waals surface area contributed by atoms with Crippen LogP contribution in [0.15, 0.2) is 34.6 Å². The molecule has 0 aliphatic heterocycles. The minimum Gasteiger partial charge on any atom is -0.467 e. The highest BCUT2D eigenvalue weighted by Crippen LogP contribution is 2.17. The van der Waals surface area contributed by atoms with Crippen molar-refractivity contribution in [2.45, 2.75) is 83.2 Å². The van der Waals surface area contributed by atoms with E-state index in [0.717, 1.165) is 12.8 Å². The first-order chi connectivity index (χ1) is 12.8. The van der Waals surface area contributed by atoms with E-state index in [2.05, 4.69) is 10.6 Å². The van der Waals surface area contributed by atoms with Crippen LogP contribution in [0.3, 0.4) is 0 Å². The van der Waals surface area contributed by atoms with Crippen LogP contribution in [0, 0.1) is 11.3 Å². The van der Waals surface area contributed by atoms with Crippen molar-refractivity contribution in [1.29, 1.82) is 5.26 Å². The van der Waals surface area contributed by atoms with Crippen LogP contribution >= 0.6 is 0 Å². The van der Waals surface area contributed by atoms with Gasteiger partial charge in [0, 0.05) is 12.2 Å². The lowest BCUT2D eigenvalue weighted by molar-refractivity contribution is -0.117. The summed E-state index contributed by atoms with van der Waals surface area (Å²) in [6, 6.07) is 5.90. The predicted molar refractivity (Wildman–Crippen MR) is 102 cm³/mol. The average molecular weight is 357 g/mol. The van der Waals surface area contributed by atoms with Gasteiger partial charge in [0.1, 0.15) is 17.4 Å². The quantitative estimate of drug-likeness (QED) is 0.598. The molecule has 1 amide bonds. The van der Waals surface area contributed by atoms with Crippen molar-refractivity contribution < 1.29 is 9.21 Å². The molecule has 0 atom stereocenters. The fourth-order valence-corrected chi connectivity index (χ4v) is 3.36. The van der Waals surface area contributed by atoms with Gasteiger partial charge >= 0.3 is 0 Å². The van der Waals surface area contributed by atoms with Crippen molar-refractivity contribution in [3.63, 3.8) is 0 Å². The van der Waals surface area contributed by atoms with Crippen LogP contribution in [0.4, 0.5) is 0 Å². The molecular weight excluding hydrogens is 326 g/mol. The summed E-state index contributed by atoms with van der Waals surface area (Å²) in [6.45, 7) is 0.286. The van der Waals surface area contributed by atoms with Crippen molar-refractivity contribution in [2.75, 3.05) is 0 Å². The maximum atomic E-state index is 12.2. The second kappa shape index (κ2) is 12.2. The normalized spacial score (nSPS) is 18.2. The third-order valence-corrected chi connectivity index (χ3v) is 4.94. The van der Waals surface area contributed by atoms with E-state index in [-0.39, 0.29) is 18.0 Å². The van der Waals surface area contributed by atoms with Gasteiger partial charge in [-0.2, -0.15) is 5.26 Å². The first-order valence-electron chi connectivity index (χ1n) is 9.96. The van der Waals surface area contributed by atoms with Gasteiger partial charge in [0.15, 0.2) is 0 Å². The number of carbonyl (C=O) groups is 1. The molecule has 0 spiro atoms. The number of nitrogens with zero attached hydrogens (tertiary/aromatic N) is 1. The number of nitriles is 1. The van der Waals surface area contributed by atoms with E-state index >= 15 is 0 Å². The van der Waals surface area contributed by atoms with Gasteiger partial charge in [-0.05, 0) is 25.0 Å². The molecule has 1 fully saturated rings. The van der Waals surface area contributed by atoms with Gasteiger partial charge in [-0.1, -0.05) is 57.8 Å². The Morgan fingerprint density at radius 1 is 1.12 bits per heavy atom. The zero-order chi connectivity index (χ0) is 18.5. The lowest BCUT2D eigenvalue weighted by Crippen LogP contribution is -2.28. The molecule has 0 aromatic carbocycles. The number of furan rings is 1. The SMILES string of the molecule is N#C/C(=C/NC1CCCCCCCCCCC1)C(=O)NCc1ccco1. The van der Waals surface area contributed by atoms with Crippen LogP contribution in [-0.2, 0) is 11.3 Å². The summed E-state index contributed by atoms with van der Waals surface area (Å²) in [5.74, 6) is 0.299. The van der Waals surface area contributed by atoms with E-state index in [0.29, 0.717) is 11.8 Å². The van der Waals surface area contributed by atoms with Gasteiger partial charge in [-0.3, -0.25) is 4.79 Å². The number of nitrogens with one attached hydrogen (secondary N) is 2. The third kappa shape index (κ3) is 7.77. The Morgan fingerprint density at radius 3 is 2.27 bits per heavy atom. The number of carbonyl (C=O) groups excluding carboxylic acids is 1. The Labute approximate surface area is 156 Å². The molecule has 2 N–H and O–H groups in total. The number of amides is 1. The van der Waals surface area contributed by atoms with Gasteiger partial charge in [0.2, 0.25) is 0 Å². The summed E-state index contributed by atoms with van der Waals surface area (Å²) in [7, 11) is 0. The van der Waals surface area contributed by atoms with Crippen molar-refractivity contribution in [3.05, 3.63) is 35.9 Å². The van der Waals surface area contributed by atoms with Gasteiger partial charge in [0.25, 0.3) is 5.91 Å². The van der Waals surface area contributed by atoms with Crippen LogP contribution in [0.1, 0.15) is 76.4 Å². The van der Waals surface area contributed by atoms with Crippen molar-refractivity contribution in [3.8, 4) is 6.07 Å². The number of hydrogen-bond acceptors (Lipinski definition) is 4. The predicted octanol–water partition coefficient (Wildman–Crippen LogP) is 4.57. The van der Waals surface area contributed by atoms with E-state index in [1.165, 1.54) is 57.8 Å². The smallest absolute Gasteiger partial charge is 0.263 e. The Morgan fingerprint density at radius 2 is 1.73 bits per heavy atom. The number of rotatable bonds is 5. The molecule has 26 heavy (non-hydrogen) atoms. The molecule has 1 saturated carbocycles. The van der Waals surface area contributed by atoms with Crippen LogP contribution in [-0.4, -0.2) is 11.9 Å². The Kier molecular flexibility index (Phi) is 9.42. The average Bonchev–Trinajstić information content (AvgIpc) is 3.15. The molecule has 0 saturated heterocycles. The first kappa shape index (κ1) is 20.1. The van der Waals surface area contributed by atoms with Gasteiger partial charge in [-0.25, -0.2) is 0 Å². The fourth-order valence-electron chi connectivity index (χ4n) is 3.36.